The Hall–Kier alpha value is -1.94. The number of aryl methyl sites for hydroxylation is 2. The summed E-state index contributed by atoms with van der Waals surface area (Å²) >= 11 is 5.86. The van der Waals surface area contributed by atoms with E-state index in [-0.39, 0.29) is 6.42 Å². The Morgan fingerprint density at radius 1 is 1.15 bits per heavy atom. The number of carbonyl (C=O) groups is 1. The number of carboxylic acids is 1. The monoisotopic (exact) mass is 290 g/mol. The van der Waals surface area contributed by atoms with Crippen LogP contribution in [0, 0.1) is 13.8 Å². The molecule has 104 valence electrons. The number of aromatic nitrogens is 2. The Morgan fingerprint density at radius 3 is 2.20 bits per heavy atom. The first kappa shape index (κ1) is 14.5. The molecule has 1 aromatic carbocycles. The van der Waals surface area contributed by atoms with Gasteiger partial charge in [-0.1, -0.05) is 11.6 Å². The van der Waals surface area contributed by atoms with Crippen LogP contribution in [-0.2, 0) is 11.2 Å². The summed E-state index contributed by atoms with van der Waals surface area (Å²) in [6, 6.07) is 7.33. The molecule has 0 bridgehead atoms. The van der Waals surface area contributed by atoms with Gasteiger partial charge in [-0.15, -0.1) is 0 Å². The highest BCUT2D eigenvalue weighted by atomic mass is 35.5. The highest BCUT2D eigenvalue weighted by Gasteiger charge is 2.11. The van der Waals surface area contributed by atoms with E-state index in [2.05, 4.69) is 9.97 Å². The third-order valence-corrected chi connectivity index (χ3v) is 3.36. The van der Waals surface area contributed by atoms with E-state index in [1.165, 1.54) is 0 Å². The van der Waals surface area contributed by atoms with Gasteiger partial charge in [0, 0.05) is 28.4 Å². The molecule has 4 nitrogen and oxygen atoms in total. The van der Waals surface area contributed by atoms with Crippen LogP contribution in [-0.4, -0.2) is 21.0 Å². The summed E-state index contributed by atoms with van der Waals surface area (Å²) in [6.45, 7) is 3.76. The fraction of sp³-hybridized carbons (Fsp3) is 0.267. The lowest BCUT2D eigenvalue weighted by molar-refractivity contribution is -0.136. The van der Waals surface area contributed by atoms with Crippen LogP contribution in [0.4, 0.5) is 0 Å². The van der Waals surface area contributed by atoms with Crippen molar-refractivity contribution in [2.75, 3.05) is 0 Å². The van der Waals surface area contributed by atoms with Crippen molar-refractivity contribution in [2.45, 2.75) is 26.7 Å². The summed E-state index contributed by atoms with van der Waals surface area (Å²) in [7, 11) is 0. The molecule has 0 spiro atoms. The van der Waals surface area contributed by atoms with Gasteiger partial charge in [0.25, 0.3) is 0 Å². The molecule has 1 heterocycles. The smallest absolute Gasteiger partial charge is 0.303 e. The molecule has 0 aliphatic carbocycles. The molecule has 2 rings (SSSR count). The fourth-order valence-corrected chi connectivity index (χ4v) is 2.19. The predicted octanol–water partition coefficient (Wildman–Crippen LogP) is 3.43. The van der Waals surface area contributed by atoms with Crippen LogP contribution in [0.3, 0.4) is 0 Å². The largest absolute Gasteiger partial charge is 0.481 e. The maximum absolute atomic E-state index is 10.7. The number of carboxylic acid groups (broad SMARTS) is 1. The Labute approximate surface area is 122 Å². The quantitative estimate of drug-likeness (QED) is 0.937. The second-order valence-electron chi connectivity index (χ2n) is 4.60. The molecule has 0 aliphatic heterocycles. The zero-order valence-corrected chi connectivity index (χ0v) is 12.1. The Balaban J connectivity index is 2.34. The standard InChI is InChI=1S/C15H15ClN2O2/c1-9-13(7-8-14(19)20)10(2)18-15(17-9)11-3-5-12(16)6-4-11/h3-6H,7-8H2,1-2H3,(H,19,20). The van der Waals surface area contributed by atoms with Crippen molar-refractivity contribution in [3.63, 3.8) is 0 Å². The highest BCUT2D eigenvalue weighted by Crippen LogP contribution is 2.21. The van der Waals surface area contributed by atoms with Gasteiger partial charge < -0.3 is 5.11 Å². The molecule has 1 N–H and O–H groups in total. The van der Waals surface area contributed by atoms with E-state index in [1.54, 1.807) is 12.1 Å². The second kappa shape index (κ2) is 6.01. The average Bonchev–Trinajstić information content (AvgIpc) is 2.38. The van der Waals surface area contributed by atoms with Crippen molar-refractivity contribution in [3.05, 3.63) is 46.2 Å². The van der Waals surface area contributed by atoms with Crippen LogP contribution >= 0.6 is 11.6 Å². The Morgan fingerprint density at radius 2 is 1.70 bits per heavy atom. The molecule has 1 aromatic heterocycles. The van der Waals surface area contributed by atoms with Gasteiger partial charge in [0.2, 0.25) is 0 Å². The maximum Gasteiger partial charge on any atom is 0.303 e. The van der Waals surface area contributed by atoms with Crippen molar-refractivity contribution in [2.24, 2.45) is 0 Å². The number of halogens is 1. The lowest BCUT2D eigenvalue weighted by Crippen LogP contribution is -2.05. The van der Waals surface area contributed by atoms with Crippen LogP contribution < -0.4 is 0 Å². The third kappa shape index (κ3) is 3.33. The first-order valence-electron chi connectivity index (χ1n) is 6.29. The Bertz CT molecular complexity index is 616. The summed E-state index contributed by atoms with van der Waals surface area (Å²) in [5.74, 6) is -0.179. The van der Waals surface area contributed by atoms with Crippen LogP contribution in [0.2, 0.25) is 5.02 Å². The number of hydrogen-bond donors (Lipinski definition) is 1. The first-order chi connectivity index (χ1) is 9.47. The van der Waals surface area contributed by atoms with E-state index in [9.17, 15) is 4.79 Å². The zero-order chi connectivity index (χ0) is 14.7. The van der Waals surface area contributed by atoms with Gasteiger partial charge in [0.15, 0.2) is 5.82 Å². The zero-order valence-electron chi connectivity index (χ0n) is 11.4. The van der Waals surface area contributed by atoms with Crippen molar-refractivity contribution >= 4 is 17.6 Å². The molecule has 0 amide bonds. The van der Waals surface area contributed by atoms with Gasteiger partial charge in [-0.05, 0) is 50.1 Å². The SMILES string of the molecule is Cc1nc(-c2ccc(Cl)cc2)nc(C)c1CCC(=O)O. The van der Waals surface area contributed by atoms with E-state index < -0.39 is 5.97 Å². The third-order valence-electron chi connectivity index (χ3n) is 3.11. The molecule has 0 unspecified atom stereocenters. The second-order valence-corrected chi connectivity index (χ2v) is 5.03. The van der Waals surface area contributed by atoms with Crippen LogP contribution in [0.15, 0.2) is 24.3 Å². The van der Waals surface area contributed by atoms with Gasteiger partial charge in [0.05, 0.1) is 0 Å². The van der Waals surface area contributed by atoms with E-state index in [1.807, 2.05) is 26.0 Å². The molecule has 0 radical (unpaired) electrons. The summed E-state index contributed by atoms with van der Waals surface area (Å²) in [5.41, 5.74) is 3.45. The molecule has 20 heavy (non-hydrogen) atoms. The number of rotatable bonds is 4. The molecular formula is C15H15ClN2O2. The predicted molar refractivity (Wildman–Crippen MR) is 77.9 cm³/mol. The average molecular weight is 291 g/mol. The summed E-state index contributed by atoms with van der Waals surface area (Å²) < 4.78 is 0. The fourth-order valence-electron chi connectivity index (χ4n) is 2.06. The molecule has 2 aromatic rings. The maximum atomic E-state index is 10.7. The van der Waals surface area contributed by atoms with Crippen LogP contribution in [0.5, 0.6) is 0 Å². The minimum atomic E-state index is -0.814. The van der Waals surface area contributed by atoms with Gasteiger partial charge in [-0.3, -0.25) is 4.79 Å². The molecule has 0 fully saturated rings. The summed E-state index contributed by atoms with van der Waals surface area (Å²) in [6.07, 6.45) is 0.541. The number of aliphatic carboxylic acids is 1. The minimum absolute atomic E-state index is 0.0886. The lowest BCUT2D eigenvalue weighted by atomic mass is 10.1. The number of nitrogens with zero attached hydrogens (tertiary/aromatic N) is 2. The van der Waals surface area contributed by atoms with Gasteiger partial charge in [-0.25, -0.2) is 9.97 Å². The molecule has 0 aliphatic rings. The highest BCUT2D eigenvalue weighted by molar-refractivity contribution is 6.30. The van der Waals surface area contributed by atoms with Crippen molar-refractivity contribution in [1.82, 2.24) is 9.97 Å². The number of benzene rings is 1. The van der Waals surface area contributed by atoms with Crippen molar-refractivity contribution in [3.8, 4) is 11.4 Å². The summed E-state index contributed by atoms with van der Waals surface area (Å²) in [5, 5.41) is 9.43. The molecule has 0 atom stereocenters. The van der Waals surface area contributed by atoms with Crippen molar-refractivity contribution < 1.29 is 9.90 Å². The molecule has 0 saturated heterocycles. The van der Waals surface area contributed by atoms with Gasteiger partial charge >= 0.3 is 5.97 Å². The van der Waals surface area contributed by atoms with Gasteiger partial charge in [0.1, 0.15) is 0 Å². The van der Waals surface area contributed by atoms with Crippen LogP contribution in [0.1, 0.15) is 23.4 Å². The van der Waals surface area contributed by atoms with E-state index >= 15 is 0 Å². The van der Waals surface area contributed by atoms with Crippen molar-refractivity contribution in [1.29, 1.82) is 0 Å². The van der Waals surface area contributed by atoms with E-state index in [0.29, 0.717) is 17.3 Å². The summed E-state index contributed by atoms with van der Waals surface area (Å²) in [4.78, 5) is 19.6. The van der Waals surface area contributed by atoms with E-state index in [0.717, 1.165) is 22.5 Å². The lowest BCUT2D eigenvalue weighted by Gasteiger charge is -2.10. The normalized spacial score (nSPS) is 10.6. The number of hydrogen-bond acceptors (Lipinski definition) is 3. The molecular weight excluding hydrogens is 276 g/mol. The van der Waals surface area contributed by atoms with E-state index in [4.69, 9.17) is 16.7 Å². The first-order valence-corrected chi connectivity index (χ1v) is 6.67. The van der Waals surface area contributed by atoms with Gasteiger partial charge in [-0.2, -0.15) is 0 Å². The topological polar surface area (TPSA) is 63.1 Å². The molecule has 5 heteroatoms. The molecule has 0 saturated carbocycles. The Kier molecular flexibility index (Phi) is 4.35. The van der Waals surface area contributed by atoms with Crippen LogP contribution in [0.25, 0.3) is 11.4 Å². The minimum Gasteiger partial charge on any atom is -0.481 e.